The topological polar surface area (TPSA) is 39.7 Å². The Kier molecular flexibility index (Phi) is 8.30. The number of aliphatic imine (C=N–C) groups is 1. The van der Waals surface area contributed by atoms with E-state index in [-0.39, 0.29) is 0 Å². The van der Waals surface area contributed by atoms with Crippen molar-refractivity contribution in [1.29, 1.82) is 0 Å². The van der Waals surface area contributed by atoms with Crippen LogP contribution in [-0.4, -0.2) is 61.1 Å². The maximum atomic E-state index is 4.69. The van der Waals surface area contributed by atoms with Crippen LogP contribution in [0.1, 0.15) is 33.6 Å². The summed E-state index contributed by atoms with van der Waals surface area (Å²) >= 11 is 2.06. The first kappa shape index (κ1) is 16.6. The average molecular weight is 286 g/mol. The second-order valence-electron chi connectivity index (χ2n) is 5.36. The maximum absolute atomic E-state index is 4.69. The van der Waals surface area contributed by atoms with Crippen molar-refractivity contribution in [2.24, 2.45) is 4.99 Å². The Bertz CT molecular complexity index is 262. The van der Waals surface area contributed by atoms with E-state index in [9.17, 15) is 0 Å². The lowest BCUT2D eigenvalue weighted by molar-refractivity contribution is 0.278. The van der Waals surface area contributed by atoms with Gasteiger partial charge >= 0.3 is 0 Å². The highest BCUT2D eigenvalue weighted by Gasteiger charge is 2.14. The number of rotatable bonds is 7. The van der Waals surface area contributed by atoms with Crippen LogP contribution in [0.3, 0.4) is 0 Å². The summed E-state index contributed by atoms with van der Waals surface area (Å²) in [6, 6.07) is 0.594. The van der Waals surface area contributed by atoms with Crippen LogP contribution in [0, 0.1) is 0 Å². The minimum absolute atomic E-state index is 0.594. The molecule has 1 aliphatic heterocycles. The Morgan fingerprint density at radius 2 is 2.21 bits per heavy atom. The molecule has 2 N–H and O–H groups in total. The van der Waals surface area contributed by atoms with Gasteiger partial charge in [0, 0.05) is 30.9 Å². The number of nitrogens with zero attached hydrogens (tertiary/aromatic N) is 2. The van der Waals surface area contributed by atoms with Crippen molar-refractivity contribution in [2.45, 2.75) is 44.9 Å². The van der Waals surface area contributed by atoms with Gasteiger partial charge in [-0.2, -0.15) is 11.8 Å². The van der Waals surface area contributed by atoms with Gasteiger partial charge in [0.2, 0.25) is 0 Å². The molecule has 1 rings (SSSR count). The van der Waals surface area contributed by atoms with Gasteiger partial charge < -0.3 is 15.5 Å². The Morgan fingerprint density at radius 3 is 2.79 bits per heavy atom. The van der Waals surface area contributed by atoms with Crippen LogP contribution in [0.15, 0.2) is 4.99 Å². The zero-order valence-corrected chi connectivity index (χ0v) is 13.7. The molecule has 1 fully saturated rings. The molecule has 1 atom stereocenters. The fourth-order valence-corrected chi connectivity index (χ4v) is 3.11. The highest BCUT2D eigenvalue weighted by atomic mass is 32.2. The van der Waals surface area contributed by atoms with E-state index >= 15 is 0 Å². The Hall–Kier alpha value is -0.420. The molecule has 0 saturated carbocycles. The number of likely N-dealkylation sites (N-methyl/N-ethyl adjacent to an activating group) is 1. The first-order chi connectivity index (χ1) is 9.13. The second kappa shape index (κ2) is 9.48. The first-order valence-corrected chi connectivity index (χ1v) is 8.52. The maximum Gasteiger partial charge on any atom is 0.191 e. The fraction of sp³-hybridized carbons (Fsp3) is 0.929. The van der Waals surface area contributed by atoms with Gasteiger partial charge in [-0.05, 0) is 46.4 Å². The third-order valence-electron chi connectivity index (χ3n) is 3.46. The number of nitrogens with one attached hydrogen (secondary N) is 2. The molecule has 0 radical (unpaired) electrons. The highest BCUT2D eigenvalue weighted by Crippen LogP contribution is 2.25. The molecule has 0 aromatic carbocycles. The van der Waals surface area contributed by atoms with Gasteiger partial charge in [0.05, 0.1) is 6.54 Å². The minimum atomic E-state index is 0.594. The zero-order valence-electron chi connectivity index (χ0n) is 12.9. The largest absolute Gasteiger partial charge is 0.357 e. The molecule has 1 heterocycles. The lowest BCUT2D eigenvalue weighted by Gasteiger charge is -2.21. The lowest BCUT2D eigenvalue weighted by Crippen LogP contribution is -2.42. The SMILES string of the molecule is CCNC(=NCC1CCCS1)NCCN(C)C(C)C. The predicted molar refractivity (Wildman–Crippen MR) is 87.2 cm³/mol. The Morgan fingerprint density at radius 1 is 1.42 bits per heavy atom. The standard InChI is InChI=1S/C14H30N4S/c1-5-15-14(16-8-9-18(4)12(2)3)17-11-13-7-6-10-19-13/h12-13H,5-11H2,1-4H3,(H2,15,16,17). The van der Waals surface area contributed by atoms with E-state index in [0.717, 1.165) is 37.4 Å². The monoisotopic (exact) mass is 286 g/mol. The smallest absolute Gasteiger partial charge is 0.191 e. The van der Waals surface area contributed by atoms with Crippen LogP contribution < -0.4 is 10.6 Å². The van der Waals surface area contributed by atoms with E-state index in [0.29, 0.717) is 6.04 Å². The number of hydrogen-bond donors (Lipinski definition) is 2. The molecule has 4 nitrogen and oxygen atoms in total. The number of guanidine groups is 1. The second-order valence-corrected chi connectivity index (χ2v) is 6.76. The van der Waals surface area contributed by atoms with Crippen molar-refractivity contribution in [1.82, 2.24) is 15.5 Å². The summed E-state index contributed by atoms with van der Waals surface area (Å²) in [5.41, 5.74) is 0. The molecular weight excluding hydrogens is 256 g/mol. The first-order valence-electron chi connectivity index (χ1n) is 7.47. The predicted octanol–water partition coefficient (Wildman–Crippen LogP) is 1.78. The quantitative estimate of drug-likeness (QED) is 0.553. The normalized spacial score (nSPS) is 20.3. The van der Waals surface area contributed by atoms with Crippen LogP contribution in [0.4, 0.5) is 0 Å². The molecule has 0 aromatic rings. The van der Waals surface area contributed by atoms with E-state index in [1.54, 1.807) is 0 Å². The molecular formula is C14H30N4S. The van der Waals surface area contributed by atoms with E-state index < -0.39 is 0 Å². The van der Waals surface area contributed by atoms with Gasteiger partial charge in [-0.3, -0.25) is 4.99 Å². The van der Waals surface area contributed by atoms with Crippen LogP contribution >= 0.6 is 11.8 Å². The molecule has 1 saturated heterocycles. The molecule has 1 unspecified atom stereocenters. The van der Waals surface area contributed by atoms with Crippen molar-refractivity contribution in [3.63, 3.8) is 0 Å². The van der Waals surface area contributed by atoms with Crippen LogP contribution in [0.5, 0.6) is 0 Å². The number of hydrogen-bond acceptors (Lipinski definition) is 3. The minimum Gasteiger partial charge on any atom is -0.357 e. The highest BCUT2D eigenvalue weighted by molar-refractivity contribution is 8.00. The van der Waals surface area contributed by atoms with E-state index in [1.165, 1.54) is 18.6 Å². The van der Waals surface area contributed by atoms with E-state index in [2.05, 4.69) is 55.1 Å². The Labute approximate surface area is 122 Å². The average Bonchev–Trinajstić information content (AvgIpc) is 2.88. The summed E-state index contributed by atoms with van der Waals surface area (Å²) in [5, 5.41) is 7.47. The van der Waals surface area contributed by atoms with Crippen molar-refractivity contribution in [2.75, 3.05) is 39.0 Å². The van der Waals surface area contributed by atoms with Crippen LogP contribution in [0.2, 0.25) is 0 Å². The third-order valence-corrected chi connectivity index (χ3v) is 4.84. The van der Waals surface area contributed by atoms with Gasteiger partial charge in [-0.15, -0.1) is 0 Å². The zero-order chi connectivity index (χ0) is 14.1. The molecule has 0 amide bonds. The van der Waals surface area contributed by atoms with Crippen molar-refractivity contribution in [3.05, 3.63) is 0 Å². The van der Waals surface area contributed by atoms with Crippen LogP contribution in [-0.2, 0) is 0 Å². The molecule has 112 valence electrons. The Balaban J connectivity index is 2.28. The summed E-state index contributed by atoms with van der Waals surface area (Å²) in [7, 11) is 2.16. The molecule has 0 aliphatic carbocycles. The van der Waals surface area contributed by atoms with Crippen molar-refractivity contribution < 1.29 is 0 Å². The fourth-order valence-electron chi connectivity index (χ4n) is 1.93. The lowest BCUT2D eigenvalue weighted by atomic mass is 10.2. The van der Waals surface area contributed by atoms with Crippen molar-refractivity contribution in [3.8, 4) is 0 Å². The van der Waals surface area contributed by atoms with Gasteiger partial charge in [-0.25, -0.2) is 0 Å². The van der Waals surface area contributed by atoms with Crippen LogP contribution in [0.25, 0.3) is 0 Å². The third kappa shape index (κ3) is 7.06. The molecule has 1 aliphatic rings. The molecule has 19 heavy (non-hydrogen) atoms. The molecule has 0 aromatic heterocycles. The van der Waals surface area contributed by atoms with Gasteiger partial charge in [0.1, 0.15) is 0 Å². The number of thioether (sulfide) groups is 1. The summed E-state index contributed by atoms with van der Waals surface area (Å²) in [5.74, 6) is 2.27. The summed E-state index contributed by atoms with van der Waals surface area (Å²) < 4.78 is 0. The molecule has 0 bridgehead atoms. The van der Waals surface area contributed by atoms with Gasteiger partial charge in [0.25, 0.3) is 0 Å². The summed E-state index contributed by atoms with van der Waals surface area (Å²) in [4.78, 5) is 7.03. The molecule has 0 spiro atoms. The van der Waals surface area contributed by atoms with Gasteiger partial charge in [0.15, 0.2) is 5.96 Å². The van der Waals surface area contributed by atoms with E-state index in [1.807, 2.05) is 0 Å². The van der Waals surface area contributed by atoms with E-state index in [4.69, 9.17) is 4.99 Å². The van der Waals surface area contributed by atoms with Gasteiger partial charge in [-0.1, -0.05) is 0 Å². The van der Waals surface area contributed by atoms with Crippen molar-refractivity contribution >= 4 is 17.7 Å². The molecule has 5 heteroatoms. The summed E-state index contributed by atoms with van der Waals surface area (Å²) in [6.07, 6.45) is 2.68. The summed E-state index contributed by atoms with van der Waals surface area (Å²) in [6.45, 7) is 10.4.